The molecular formula is C13H22N4. The minimum atomic E-state index is 0.507. The van der Waals surface area contributed by atoms with Gasteiger partial charge in [0.15, 0.2) is 5.65 Å². The van der Waals surface area contributed by atoms with Gasteiger partial charge in [0, 0.05) is 12.5 Å². The van der Waals surface area contributed by atoms with Crippen molar-refractivity contribution < 1.29 is 0 Å². The Morgan fingerprint density at radius 1 is 1.35 bits per heavy atom. The van der Waals surface area contributed by atoms with E-state index in [1.165, 1.54) is 19.3 Å². The van der Waals surface area contributed by atoms with Crippen LogP contribution in [0.3, 0.4) is 0 Å². The third-order valence-corrected chi connectivity index (χ3v) is 3.21. The first-order valence-corrected chi connectivity index (χ1v) is 6.67. The molecule has 2 aromatic heterocycles. The van der Waals surface area contributed by atoms with E-state index >= 15 is 0 Å². The smallest absolute Gasteiger partial charge is 0.176 e. The van der Waals surface area contributed by atoms with Gasteiger partial charge in [-0.2, -0.15) is 5.10 Å². The molecule has 1 atom stereocenters. The topological polar surface area (TPSA) is 46.5 Å². The molecule has 17 heavy (non-hydrogen) atoms. The number of fused-ring (bicyclic) bond motifs is 1. The van der Waals surface area contributed by atoms with Crippen LogP contribution in [0, 0.1) is 0 Å². The van der Waals surface area contributed by atoms with Crippen LogP contribution in [-0.2, 0) is 6.54 Å². The van der Waals surface area contributed by atoms with E-state index in [4.69, 9.17) is 0 Å². The summed E-state index contributed by atoms with van der Waals surface area (Å²) in [6, 6.07) is 0. The summed E-state index contributed by atoms with van der Waals surface area (Å²) in [5.41, 5.74) is 2.08. The van der Waals surface area contributed by atoms with Crippen LogP contribution in [0.15, 0.2) is 6.20 Å². The highest BCUT2D eigenvalue weighted by Crippen LogP contribution is 2.21. The largest absolute Gasteiger partial charge is 0.339 e. The quantitative estimate of drug-likeness (QED) is 0.832. The Morgan fingerprint density at radius 3 is 2.88 bits per heavy atom. The van der Waals surface area contributed by atoms with E-state index in [1.54, 1.807) is 0 Å². The van der Waals surface area contributed by atoms with Gasteiger partial charge in [-0.25, -0.2) is 9.67 Å². The van der Waals surface area contributed by atoms with Crippen LogP contribution < -0.4 is 0 Å². The van der Waals surface area contributed by atoms with E-state index in [1.807, 2.05) is 10.9 Å². The van der Waals surface area contributed by atoms with Crippen molar-refractivity contribution in [3.63, 3.8) is 0 Å². The molecule has 0 unspecified atom stereocenters. The average molecular weight is 234 g/mol. The molecule has 0 spiro atoms. The molecule has 0 amide bonds. The van der Waals surface area contributed by atoms with Crippen LogP contribution in [0.5, 0.6) is 0 Å². The fourth-order valence-corrected chi connectivity index (χ4v) is 2.14. The molecule has 0 aliphatic rings. The van der Waals surface area contributed by atoms with Crippen molar-refractivity contribution in [3.05, 3.63) is 12.0 Å². The number of hydrogen-bond donors (Lipinski definition) is 1. The van der Waals surface area contributed by atoms with Crippen LogP contribution in [0.2, 0.25) is 0 Å². The Labute approximate surface area is 102 Å². The van der Waals surface area contributed by atoms with Crippen molar-refractivity contribution in [1.29, 1.82) is 0 Å². The zero-order chi connectivity index (χ0) is 12.3. The molecule has 0 aliphatic heterocycles. The maximum atomic E-state index is 4.69. The van der Waals surface area contributed by atoms with Crippen molar-refractivity contribution in [1.82, 2.24) is 19.7 Å². The molecule has 4 nitrogen and oxygen atoms in total. The van der Waals surface area contributed by atoms with Gasteiger partial charge in [0.05, 0.1) is 6.20 Å². The number of hydrogen-bond acceptors (Lipinski definition) is 2. The molecule has 2 rings (SSSR count). The highest BCUT2D eigenvalue weighted by molar-refractivity contribution is 5.70. The molecule has 0 saturated carbocycles. The molecule has 0 saturated heterocycles. The maximum absolute atomic E-state index is 4.69. The fourth-order valence-electron chi connectivity index (χ4n) is 2.14. The zero-order valence-electron chi connectivity index (χ0n) is 11.0. The van der Waals surface area contributed by atoms with Crippen molar-refractivity contribution >= 4 is 11.2 Å². The number of aryl methyl sites for hydroxylation is 1. The predicted molar refractivity (Wildman–Crippen MR) is 70.1 cm³/mol. The third kappa shape index (κ3) is 2.51. The number of nitrogens with one attached hydrogen (secondary N) is 1. The van der Waals surface area contributed by atoms with Crippen molar-refractivity contribution in [2.75, 3.05) is 0 Å². The second-order valence-corrected chi connectivity index (χ2v) is 4.77. The second kappa shape index (κ2) is 5.34. The van der Waals surface area contributed by atoms with E-state index < -0.39 is 0 Å². The highest BCUT2D eigenvalue weighted by atomic mass is 15.3. The van der Waals surface area contributed by atoms with Crippen molar-refractivity contribution in [3.8, 4) is 0 Å². The van der Waals surface area contributed by atoms with Crippen LogP contribution in [0.1, 0.15) is 58.2 Å². The minimum Gasteiger partial charge on any atom is -0.339 e. The van der Waals surface area contributed by atoms with E-state index in [2.05, 4.69) is 35.8 Å². The molecule has 0 bridgehead atoms. The van der Waals surface area contributed by atoms with Gasteiger partial charge < -0.3 is 4.98 Å². The van der Waals surface area contributed by atoms with Gasteiger partial charge in [-0.05, 0) is 12.8 Å². The lowest BCUT2D eigenvalue weighted by atomic mass is 10.1. The van der Waals surface area contributed by atoms with Gasteiger partial charge in [-0.15, -0.1) is 0 Å². The molecule has 0 radical (unpaired) electrons. The molecule has 94 valence electrons. The summed E-state index contributed by atoms with van der Waals surface area (Å²) in [6.45, 7) is 7.60. The van der Waals surface area contributed by atoms with Gasteiger partial charge in [0.25, 0.3) is 0 Å². The molecule has 1 N–H and O–H groups in total. The number of aromatic amines is 1. The van der Waals surface area contributed by atoms with Crippen molar-refractivity contribution in [2.24, 2.45) is 0 Å². The molecule has 2 aromatic rings. The average Bonchev–Trinajstić information content (AvgIpc) is 2.87. The minimum absolute atomic E-state index is 0.507. The summed E-state index contributed by atoms with van der Waals surface area (Å²) in [5, 5.41) is 4.36. The molecule has 4 heteroatoms. The SMILES string of the molecule is CCCCn1ncc2[nH]c([C@H](C)CCC)nc21. The first-order chi connectivity index (χ1) is 8.26. The summed E-state index contributed by atoms with van der Waals surface area (Å²) >= 11 is 0. The monoisotopic (exact) mass is 234 g/mol. The Bertz CT molecular complexity index is 469. The highest BCUT2D eigenvalue weighted by Gasteiger charge is 2.13. The predicted octanol–water partition coefficient (Wildman–Crippen LogP) is 3.46. The molecular weight excluding hydrogens is 212 g/mol. The maximum Gasteiger partial charge on any atom is 0.176 e. The number of rotatable bonds is 6. The summed E-state index contributed by atoms with van der Waals surface area (Å²) in [6.07, 6.45) is 6.60. The number of aromatic nitrogens is 4. The summed E-state index contributed by atoms with van der Waals surface area (Å²) in [4.78, 5) is 8.07. The first kappa shape index (κ1) is 12.1. The van der Waals surface area contributed by atoms with Gasteiger partial charge >= 0.3 is 0 Å². The second-order valence-electron chi connectivity index (χ2n) is 4.77. The summed E-state index contributed by atoms with van der Waals surface area (Å²) < 4.78 is 2.01. The zero-order valence-corrected chi connectivity index (χ0v) is 11.0. The third-order valence-electron chi connectivity index (χ3n) is 3.21. The molecule has 0 aromatic carbocycles. The van der Waals surface area contributed by atoms with E-state index in [0.29, 0.717) is 5.92 Å². The lowest BCUT2D eigenvalue weighted by Crippen LogP contribution is -2.01. The van der Waals surface area contributed by atoms with Gasteiger partial charge in [0.2, 0.25) is 0 Å². The molecule has 0 fully saturated rings. The van der Waals surface area contributed by atoms with Crippen molar-refractivity contribution in [2.45, 2.75) is 58.9 Å². The van der Waals surface area contributed by atoms with E-state index in [9.17, 15) is 0 Å². The number of H-pyrrole nitrogens is 1. The Kier molecular flexibility index (Phi) is 3.82. The van der Waals surface area contributed by atoms with Crippen LogP contribution in [0.4, 0.5) is 0 Å². The summed E-state index contributed by atoms with van der Waals surface area (Å²) in [5.74, 6) is 1.61. The normalized spacial score (nSPS) is 13.4. The lowest BCUT2D eigenvalue weighted by molar-refractivity contribution is 0.580. The summed E-state index contributed by atoms with van der Waals surface area (Å²) in [7, 11) is 0. The number of nitrogens with zero attached hydrogens (tertiary/aromatic N) is 3. The Hall–Kier alpha value is -1.32. The van der Waals surface area contributed by atoms with E-state index in [-0.39, 0.29) is 0 Å². The molecule has 0 aliphatic carbocycles. The Morgan fingerprint density at radius 2 is 2.18 bits per heavy atom. The Balaban J connectivity index is 2.21. The first-order valence-electron chi connectivity index (χ1n) is 6.67. The number of unbranched alkanes of at least 4 members (excludes halogenated alkanes) is 1. The number of imidazole rings is 1. The standard InChI is InChI=1S/C13H22N4/c1-4-6-8-17-13-11(9-14-17)15-12(16-13)10(3)7-5-2/h9-10H,4-8H2,1-3H3,(H,15,16)/t10-/m1/s1. The van der Waals surface area contributed by atoms with E-state index in [0.717, 1.165) is 30.0 Å². The van der Waals surface area contributed by atoms with Gasteiger partial charge in [0.1, 0.15) is 11.3 Å². The van der Waals surface area contributed by atoms with Crippen LogP contribution in [0.25, 0.3) is 11.2 Å². The van der Waals surface area contributed by atoms with Gasteiger partial charge in [-0.3, -0.25) is 0 Å². The fraction of sp³-hybridized carbons (Fsp3) is 0.692. The van der Waals surface area contributed by atoms with Crippen LogP contribution >= 0.6 is 0 Å². The lowest BCUT2D eigenvalue weighted by Gasteiger charge is -2.05. The molecule has 2 heterocycles. The van der Waals surface area contributed by atoms with Crippen LogP contribution in [-0.4, -0.2) is 19.7 Å². The van der Waals surface area contributed by atoms with Gasteiger partial charge in [-0.1, -0.05) is 33.6 Å².